The third kappa shape index (κ3) is 1.99. The Balaban J connectivity index is 2.12. The maximum Gasteiger partial charge on any atom is 0.332 e. The number of aliphatic carboxylic acids is 1. The third-order valence-electron chi connectivity index (χ3n) is 2.87. The molecule has 102 valence electrons. The summed E-state index contributed by atoms with van der Waals surface area (Å²) in [4.78, 5) is 15.0. The van der Waals surface area contributed by atoms with E-state index >= 15 is 0 Å². The van der Waals surface area contributed by atoms with Gasteiger partial charge in [-0.25, -0.2) is 9.78 Å². The van der Waals surface area contributed by atoms with Crippen LogP contribution < -0.4 is 0 Å². The Morgan fingerprint density at radius 3 is 3.00 bits per heavy atom. The zero-order chi connectivity index (χ0) is 14.1. The number of aromatic nitrogens is 6. The van der Waals surface area contributed by atoms with Crippen LogP contribution in [0.3, 0.4) is 0 Å². The van der Waals surface area contributed by atoms with E-state index in [9.17, 15) is 9.90 Å². The first-order chi connectivity index (χ1) is 9.66. The summed E-state index contributed by atoms with van der Waals surface area (Å²) in [5.41, 5.74) is 1.77. The fraction of sp³-hybridized carbons (Fsp3) is 0.182. The van der Waals surface area contributed by atoms with Gasteiger partial charge in [-0.05, 0) is 17.3 Å². The van der Waals surface area contributed by atoms with Gasteiger partial charge >= 0.3 is 5.97 Å². The molecule has 0 saturated carbocycles. The van der Waals surface area contributed by atoms with Crippen molar-refractivity contribution in [1.82, 2.24) is 30.0 Å². The first-order valence-corrected chi connectivity index (χ1v) is 5.77. The van der Waals surface area contributed by atoms with E-state index in [0.717, 1.165) is 0 Å². The van der Waals surface area contributed by atoms with Gasteiger partial charge in [0.05, 0.1) is 6.20 Å². The summed E-state index contributed by atoms with van der Waals surface area (Å²) in [7, 11) is 0. The van der Waals surface area contributed by atoms with Crippen LogP contribution in [0.25, 0.3) is 17.2 Å². The Labute approximate surface area is 111 Å². The van der Waals surface area contributed by atoms with Crippen molar-refractivity contribution in [3.63, 3.8) is 0 Å². The second-order valence-electron chi connectivity index (χ2n) is 4.15. The minimum absolute atomic E-state index is 0.0477. The number of carboxylic acid groups (broad SMARTS) is 1. The van der Waals surface area contributed by atoms with E-state index in [-0.39, 0.29) is 6.42 Å². The topological polar surface area (TPSA) is 129 Å². The lowest BCUT2D eigenvalue weighted by molar-refractivity contribution is -0.146. The summed E-state index contributed by atoms with van der Waals surface area (Å²) in [5, 5.41) is 31.9. The largest absolute Gasteiger partial charge is 0.479 e. The number of aromatic amines is 1. The van der Waals surface area contributed by atoms with E-state index in [2.05, 4.69) is 25.6 Å². The molecule has 9 nitrogen and oxygen atoms in total. The van der Waals surface area contributed by atoms with Gasteiger partial charge in [0.15, 0.2) is 6.10 Å². The number of H-pyrrole nitrogens is 1. The lowest BCUT2D eigenvalue weighted by Crippen LogP contribution is -2.23. The molecule has 3 N–H and O–H groups in total. The first-order valence-electron chi connectivity index (χ1n) is 5.77. The monoisotopic (exact) mass is 274 g/mol. The molecule has 0 aliphatic heterocycles. The summed E-state index contributed by atoms with van der Waals surface area (Å²) in [5.74, 6) is -0.932. The van der Waals surface area contributed by atoms with E-state index in [0.29, 0.717) is 22.9 Å². The summed E-state index contributed by atoms with van der Waals surface area (Å²) >= 11 is 0. The van der Waals surface area contributed by atoms with Crippen LogP contribution in [-0.4, -0.2) is 52.3 Å². The van der Waals surface area contributed by atoms with Crippen molar-refractivity contribution in [3.8, 4) is 11.5 Å². The quantitative estimate of drug-likeness (QED) is 0.584. The third-order valence-corrected chi connectivity index (χ3v) is 2.87. The molecule has 9 heteroatoms. The van der Waals surface area contributed by atoms with Gasteiger partial charge in [0.2, 0.25) is 5.82 Å². The van der Waals surface area contributed by atoms with E-state index in [1.54, 1.807) is 28.8 Å². The molecule has 0 radical (unpaired) electrons. The summed E-state index contributed by atoms with van der Waals surface area (Å²) in [6, 6.07) is 5.22. The van der Waals surface area contributed by atoms with Gasteiger partial charge in [-0.15, -0.1) is 10.2 Å². The minimum atomic E-state index is -1.49. The Morgan fingerprint density at radius 2 is 2.30 bits per heavy atom. The van der Waals surface area contributed by atoms with Gasteiger partial charge in [0.1, 0.15) is 11.3 Å². The Kier molecular flexibility index (Phi) is 2.88. The molecule has 3 heterocycles. The van der Waals surface area contributed by atoms with Gasteiger partial charge in [0.25, 0.3) is 0 Å². The zero-order valence-electron chi connectivity index (χ0n) is 10.1. The summed E-state index contributed by atoms with van der Waals surface area (Å²) < 4.78 is 1.69. The molecule has 0 aliphatic carbocycles. The summed E-state index contributed by atoms with van der Waals surface area (Å²) in [6.45, 7) is 0. The number of pyridine rings is 1. The number of aliphatic hydroxyl groups excluding tert-OH is 1. The molecule has 0 bridgehead atoms. The van der Waals surface area contributed by atoms with Gasteiger partial charge in [0, 0.05) is 12.1 Å². The van der Waals surface area contributed by atoms with Crippen LogP contribution in [0, 0.1) is 0 Å². The zero-order valence-corrected chi connectivity index (χ0v) is 10.1. The lowest BCUT2D eigenvalue weighted by Gasteiger charge is -2.09. The molecule has 0 saturated heterocycles. The molecule has 20 heavy (non-hydrogen) atoms. The SMILES string of the molecule is O=C(O)C(O)Cc1cccc2ncc(-c3nn[nH]n3)n12. The number of fused-ring (bicyclic) bond motifs is 1. The van der Waals surface area contributed by atoms with Crippen molar-refractivity contribution in [2.24, 2.45) is 0 Å². The predicted molar refractivity (Wildman–Crippen MR) is 65.7 cm³/mol. The molecule has 0 aromatic carbocycles. The number of hydrogen-bond donors (Lipinski definition) is 3. The van der Waals surface area contributed by atoms with E-state index in [1.165, 1.54) is 0 Å². The molecule has 0 amide bonds. The van der Waals surface area contributed by atoms with Gasteiger partial charge in [-0.2, -0.15) is 5.21 Å². The molecule has 3 rings (SSSR count). The van der Waals surface area contributed by atoms with Crippen LogP contribution in [0.2, 0.25) is 0 Å². The molecule has 0 fully saturated rings. The minimum Gasteiger partial charge on any atom is -0.479 e. The number of imidazole rings is 1. The number of carboxylic acids is 1. The first kappa shape index (κ1) is 12.2. The Hall–Kier alpha value is -2.81. The van der Waals surface area contributed by atoms with Crippen LogP contribution in [0.5, 0.6) is 0 Å². The predicted octanol–water partition coefficient (Wildman–Crippen LogP) is -0.498. The smallest absolute Gasteiger partial charge is 0.332 e. The molecule has 0 aliphatic rings. The average Bonchev–Trinajstić information content (AvgIpc) is 3.07. The number of hydrogen-bond acceptors (Lipinski definition) is 6. The van der Waals surface area contributed by atoms with Gasteiger partial charge in [-0.3, -0.25) is 4.40 Å². The van der Waals surface area contributed by atoms with Crippen LogP contribution in [0.1, 0.15) is 5.69 Å². The number of tetrazole rings is 1. The molecule has 1 unspecified atom stereocenters. The number of nitrogens with zero attached hydrogens (tertiary/aromatic N) is 5. The fourth-order valence-electron chi connectivity index (χ4n) is 1.98. The number of carbonyl (C=O) groups is 1. The second-order valence-corrected chi connectivity index (χ2v) is 4.15. The molecular formula is C11H10N6O3. The molecule has 0 spiro atoms. The van der Waals surface area contributed by atoms with Gasteiger partial charge < -0.3 is 10.2 Å². The van der Waals surface area contributed by atoms with Crippen LogP contribution in [0.15, 0.2) is 24.4 Å². The Bertz CT molecular complexity index is 751. The van der Waals surface area contributed by atoms with E-state index in [4.69, 9.17) is 5.11 Å². The van der Waals surface area contributed by atoms with Crippen molar-refractivity contribution in [2.45, 2.75) is 12.5 Å². The highest BCUT2D eigenvalue weighted by Gasteiger charge is 2.18. The van der Waals surface area contributed by atoms with Crippen molar-refractivity contribution >= 4 is 11.6 Å². The van der Waals surface area contributed by atoms with Crippen LogP contribution >= 0.6 is 0 Å². The van der Waals surface area contributed by atoms with E-state index < -0.39 is 12.1 Å². The van der Waals surface area contributed by atoms with Gasteiger partial charge in [-0.1, -0.05) is 6.07 Å². The molecule has 1 atom stereocenters. The van der Waals surface area contributed by atoms with Crippen molar-refractivity contribution in [3.05, 3.63) is 30.1 Å². The molecule has 3 aromatic rings. The maximum atomic E-state index is 10.8. The van der Waals surface area contributed by atoms with Crippen molar-refractivity contribution < 1.29 is 15.0 Å². The normalized spacial score (nSPS) is 12.7. The van der Waals surface area contributed by atoms with Crippen molar-refractivity contribution in [2.75, 3.05) is 0 Å². The lowest BCUT2D eigenvalue weighted by atomic mass is 10.1. The molecule has 3 aromatic heterocycles. The molecular weight excluding hydrogens is 264 g/mol. The Morgan fingerprint density at radius 1 is 1.45 bits per heavy atom. The summed E-state index contributed by atoms with van der Waals surface area (Å²) in [6.07, 6.45) is 0.0335. The standard InChI is InChI=1S/C11H10N6O3/c18-8(11(19)20)4-6-2-1-3-9-12-5-7(17(6)9)10-13-15-16-14-10/h1-3,5,8,18H,4H2,(H,19,20)(H,13,14,15,16). The van der Waals surface area contributed by atoms with Crippen LogP contribution in [-0.2, 0) is 11.2 Å². The highest BCUT2D eigenvalue weighted by molar-refractivity contribution is 5.72. The average molecular weight is 274 g/mol. The van der Waals surface area contributed by atoms with Crippen molar-refractivity contribution in [1.29, 1.82) is 0 Å². The van der Waals surface area contributed by atoms with Crippen LogP contribution in [0.4, 0.5) is 0 Å². The highest BCUT2D eigenvalue weighted by Crippen LogP contribution is 2.19. The maximum absolute atomic E-state index is 10.8. The highest BCUT2D eigenvalue weighted by atomic mass is 16.4. The number of rotatable bonds is 4. The number of aliphatic hydroxyl groups is 1. The second kappa shape index (κ2) is 4.70. The number of nitrogens with one attached hydrogen (secondary N) is 1. The fourth-order valence-corrected chi connectivity index (χ4v) is 1.98. The van der Waals surface area contributed by atoms with E-state index in [1.807, 2.05) is 0 Å².